The van der Waals surface area contributed by atoms with E-state index in [1.54, 1.807) is 0 Å². The smallest absolute Gasteiger partial charge is 0.339 e. The van der Waals surface area contributed by atoms with Crippen LogP contribution in [-0.4, -0.2) is 19.0 Å². The average molecular weight is 418 g/mol. The van der Waals surface area contributed by atoms with Crippen molar-refractivity contribution >= 4 is 23.1 Å². The molecule has 2 aliphatic rings. The fourth-order valence-electron chi connectivity index (χ4n) is 4.77. The van der Waals surface area contributed by atoms with E-state index in [0.717, 1.165) is 24.8 Å². The lowest BCUT2D eigenvalue weighted by atomic mass is 9.84. The number of hydrogen-bond donors (Lipinski definition) is 1. The summed E-state index contributed by atoms with van der Waals surface area (Å²) in [5.74, 6) is -0.0513. The fourth-order valence-corrected chi connectivity index (χ4v) is 4.77. The molecular formula is C27H31NO3. The molecule has 0 unspecified atom stereocenters. The van der Waals surface area contributed by atoms with Crippen molar-refractivity contribution in [2.24, 2.45) is 0 Å². The zero-order valence-electron chi connectivity index (χ0n) is 18.3. The summed E-state index contributed by atoms with van der Waals surface area (Å²) < 4.78 is 4.98. The van der Waals surface area contributed by atoms with Crippen LogP contribution in [0.1, 0.15) is 95.5 Å². The summed E-state index contributed by atoms with van der Waals surface area (Å²) in [5.41, 5.74) is 5.06. The van der Waals surface area contributed by atoms with Crippen LogP contribution in [0.25, 0.3) is 5.57 Å². The fraction of sp³-hybridized carbons (Fsp3) is 0.407. The van der Waals surface area contributed by atoms with Crippen LogP contribution in [0.15, 0.2) is 48.5 Å². The van der Waals surface area contributed by atoms with Gasteiger partial charge in [0.25, 0.3) is 5.91 Å². The van der Waals surface area contributed by atoms with E-state index in [9.17, 15) is 9.59 Å². The van der Waals surface area contributed by atoms with Crippen molar-refractivity contribution in [1.82, 2.24) is 0 Å². The molecule has 2 aliphatic carbocycles. The number of methoxy groups -OCH3 is 1. The van der Waals surface area contributed by atoms with Gasteiger partial charge in [0.05, 0.1) is 18.4 Å². The van der Waals surface area contributed by atoms with Gasteiger partial charge in [-0.3, -0.25) is 4.79 Å². The molecule has 2 aromatic rings. The van der Waals surface area contributed by atoms with Crippen LogP contribution in [0.4, 0.5) is 5.69 Å². The number of hydrogen-bond acceptors (Lipinski definition) is 3. The van der Waals surface area contributed by atoms with E-state index in [2.05, 4.69) is 23.5 Å². The van der Waals surface area contributed by atoms with E-state index < -0.39 is 5.97 Å². The molecule has 0 radical (unpaired) electrons. The first-order chi connectivity index (χ1) is 15.2. The number of ether oxygens (including phenoxy) is 1. The van der Waals surface area contributed by atoms with Gasteiger partial charge < -0.3 is 10.1 Å². The summed E-state index contributed by atoms with van der Waals surface area (Å²) in [6.07, 6.45) is 13.1. The van der Waals surface area contributed by atoms with Crippen molar-refractivity contribution in [3.05, 3.63) is 70.8 Å². The maximum absolute atomic E-state index is 12.9. The number of rotatable bonds is 5. The molecule has 0 heterocycles. The summed E-state index contributed by atoms with van der Waals surface area (Å²) in [5, 5.41) is 2.91. The van der Waals surface area contributed by atoms with Crippen molar-refractivity contribution in [3.8, 4) is 0 Å². The number of carbonyl (C=O) groups excluding carboxylic acids is 2. The van der Waals surface area contributed by atoms with E-state index in [0.29, 0.717) is 22.7 Å². The Balaban J connectivity index is 1.52. The van der Waals surface area contributed by atoms with Gasteiger partial charge in [0.15, 0.2) is 0 Å². The summed E-state index contributed by atoms with van der Waals surface area (Å²) in [6.45, 7) is 0. The quantitative estimate of drug-likeness (QED) is 0.549. The number of anilines is 1. The van der Waals surface area contributed by atoms with Gasteiger partial charge in [-0.05, 0) is 85.4 Å². The van der Waals surface area contributed by atoms with Crippen LogP contribution in [-0.2, 0) is 4.74 Å². The van der Waals surface area contributed by atoms with E-state index in [-0.39, 0.29) is 5.91 Å². The number of esters is 1. The van der Waals surface area contributed by atoms with Gasteiger partial charge in [-0.15, -0.1) is 0 Å². The molecule has 1 saturated carbocycles. The van der Waals surface area contributed by atoms with Crippen molar-refractivity contribution < 1.29 is 14.3 Å². The molecule has 0 saturated heterocycles. The molecule has 1 amide bonds. The molecule has 31 heavy (non-hydrogen) atoms. The lowest BCUT2D eigenvalue weighted by Crippen LogP contribution is -2.16. The minimum atomic E-state index is -0.443. The number of allylic oxidation sites excluding steroid dienone is 2. The van der Waals surface area contributed by atoms with Gasteiger partial charge in [0.1, 0.15) is 0 Å². The van der Waals surface area contributed by atoms with Crippen molar-refractivity contribution in [2.75, 3.05) is 12.4 Å². The molecule has 162 valence electrons. The minimum Gasteiger partial charge on any atom is -0.465 e. The molecule has 2 aromatic carbocycles. The first kappa shape index (κ1) is 21.4. The van der Waals surface area contributed by atoms with E-state index >= 15 is 0 Å². The van der Waals surface area contributed by atoms with Gasteiger partial charge in [-0.2, -0.15) is 0 Å². The molecule has 0 atom stereocenters. The van der Waals surface area contributed by atoms with E-state index in [4.69, 9.17) is 4.74 Å². The number of benzene rings is 2. The Morgan fingerprint density at radius 2 is 1.71 bits per heavy atom. The highest BCUT2D eigenvalue weighted by Gasteiger charge is 2.19. The Kier molecular flexibility index (Phi) is 6.86. The third kappa shape index (κ3) is 5.07. The van der Waals surface area contributed by atoms with Crippen LogP contribution < -0.4 is 5.32 Å². The Hall–Kier alpha value is -2.88. The average Bonchev–Trinajstić information content (AvgIpc) is 2.85. The summed E-state index contributed by atoms with van der Waals surface area (Å²) in [7, 11) is 1.37. The molecule has 4 heteroatoms. The van der Waals surface area contributed by atoms with Crippen LogP contribution >= 0.6 is 0 Å². The third-order valence-electron chi connectivity index (χ3n) is 6.58. The molecule has 0 aromatic heterocycles. The zero-order chi connectivity index (χ0) is 21.6. The standard InChI is InChI=1S/C27H31NO3/c1-31-27(30)24-18-23(20-10-6-3-7-11-20)16-17-25(24)28-26(29)22-14-12-21(13-15-22)19-8-4-2-5-9-19/h10,12-19H,2-9,11H2,1H3,(H,28,29). The van der Waals surface area contributed by atoms with Crippen LogP contribution in [0.5, 0.6) is 0 Å². The highest BCUT2D eigenvalue weighted by Crippen LogP contribution is 2.33. The SMILES string of the molecule is COC(=O)c1cc(C2=CCCCC2)ccc1NC(=O)c1ccc(C2CCCCC2)cc1. The molecule has 0 spiro atoms. The Morgan fingerprint density at radius 1 is 0.935 bits per heavy atom. The second kappa shape index (κ2) is 9.95. The van der Waals surface area contributed by atoms with Crippen LogP contribution in [0.3, 0.4) is 0 Å². The normalized spacial score (nSPS) is 17.0. The zero-order valence-corrected chi connectivity index (χ0v) is 18.3. The highest BCUT2D eigenvalue weighted by atomic mass is 16.5. The van der Waals surface area contributed by atoms with Gasteiger partial charge >= 0.3 is 5.97 Å². The van der Waals surface area contributed by atoms with Crippen LogP contribution in [0, 0.1) is 0 Å². The van der Waals surface area contributed by atoms with E-state index in [1.807, 2.05) is 30.3 Å². The van der Waals surface area contributed by atoms with Crippen LogP contribution in [0.2, 0.25) is 0 Å². The molecule has 0 aliphatic heterocycles. The summed E-state index contributed by atoms with van der Waals surface area (Å²) in [6, 6.07) is 13.5. The highest BCUT2D eigenvalue weighted by molar-refractivity contribution is 6.08. The Morgan fingerprint density at radius 3 is 2.39 bits per heavy atom. The Bertz CT molecular complexity index is 968. The van der Waals surface area contributed by atoms with Crippen molar-refractivity contribution in [1.29, 1.82) is 0 Å². The van der Waals surface area contributed by atoms with E-state index in [1.165, 1.54) is 56.8 Å². The first-order valence-corrected chi connectivity index (χ1v) is 11.5. The van der Waals surface area contributed by atoms with Gasteiger partial charge in [-0.25, -0.2) is 4.79 Å². The summed E-state index contributed by atoms with van der Waals surface area (Å²) >= 11 is 0. The molecule has 1 fully saturated rings. The molecule has 4 nitrogen and oxygen atoms in total. The first-order valence-electron chi connectivity index (χ1n) is 11.5. The van der Waals surface area contributed by atoms with Crippen molar-refractivity contribution in [2.45, 2.75) is 63.7 Å². The van der Waals surface area contributed by atoms with Gasteiger partial charge in [-0.1, -0.05) is 43.5 Å². The number of amides is 1. The summed E-state index contributed by atoms with van der Waals surface area (Å²) in [4.78, 5) is 25.3. The molecule has 0 bridgehead atoms. The number of carbonyl (C=O) groups is 2. The largest absolute Gasteiger partial charge is 0.465 e. The minimum absolute atomic E-state index is 0.218. The predicted molar refractivity (Wildman–Crippen MR) is 124 cm³/mol. The number of nitrogens with one attached hydrogen (secondary N) is 1. The second-order valence-corrected chi connectivity index (χ2v) is 8.64. The Labute approximate surface area is 184 Å². The lowest BCUT2D eigenvalue weighted by molar-refractivity contribution is 0.0602. The molecule has 1 N–H and O–H groups in total. The maximum Gasteiger partial charge on any atom is 0.339 e. The lowest BCUT2D eigenvalue weighted by Gasteiger charge is -2.22. The van der Waals surface area contributed by atoms with Gasteiger partial charge in [0, 0.05) is 5.56 Å². The van der Waals surface area contributed by atoms with Gasteiger partial charge in [0.2, 0.25) is 0 Å². The third-order valence-corrected chi connectivity index (χ3v) is 6.58. The molecule has 4 rings (SSSR count). The topological polar surface area (TPSA) is 55.4 Å². The second-order valence-electron chi connectivity index (χ2n) is 8.64. The maximum atomic E-state index is 12.9. The molecular weight excluding hydrogens is 386 g/mol. The predicted octanol–water partition coefficient (Wildman–Crippen LogP) is 6.73. The van der Waals surface area contributed by atoms with Crippen molar-refractivity contribution in [3.63, 3.8) is 0 Å². The monoisotopic (exact) mass is 417 g/mol.